The maximum absolute atomic E-state index is 10.0. The molecule has 0 saturated heterocycles. The summed E-state index contributed by atoms with van der Waals surface area (Å²) in [7, 11) is 0. The number of aromatic nitrogens is 1. The average molecular weight is 272 g/mol. The average Bonchev–Trinajstić information content (AvgIpc) is 2.45. The fourth-order valence-electron chi connectivity index (χ4n) is 2.05. The Labute approximate surface area is 119 Å². The first-order chi connectivity index (χ1) is 9.58. The van der Waals surface area contributed by atoms with E-state index in [-0.39, 0.29) is 0 Å². The highest BCUT2D eigenvalue weighted by molar-refractivity contribution is 5.40. The lowest BCUT2D eigenvalue weighted by molar-refractivity contribution is 0.174. The molecule has 0 fully saturated rings. The molecular weight excluding hydrogens is 252 g/mol. The van der Waals surface area contributed by atoms with E-state index >= 15 is 0 Å². The van der Waals surface area contributed by atoms with Crippen LogP contribution in [0.2, 0.25) is 0 Å². The zero-order valence-electron chi connectivity index (χ0n) is 11.8. The number of phenolic OH excluding ortho intramolecular Hbond substituents is 1. The zero-order valence-corrected chi connectivity index (χ0v) is 11.8. The molecule has 0 aliphatic carbocycles. The van der Waals surface area contributed by atoms with Gasteiger partial charge in [0, 0.05) is 31.0 Å². The van der Waals surface area contributed by atoms with Gasteiger partial charge in [0.1, 0.15) is 5.75 Å². The van der Waals surface area contributed by atoms with Crippen molar-refractivity contribution in [3.8, 4) is 5.75 Å². The van der Waals surface area contributed by atoms with E-state index in [1.54, 1.807) is 30.6 Å². The van der Waals surface area contributed by atoms with E-state index in [0.29, 0.717) is 18.8 Å². The number of nitrogens with one attached hydrogen (secondary N) is 1. The summed E-state index contributed by atoms with van der Waals surface area (Å²) in [6, 6.07) is 7.32. The van der Waals surface area contributed by atoms with Crippen LogP contribution >= 0.6 is 0 Å². The summed E-state index contributed by atoms with van der Waals surface area (Å²) < 4.78 is 0. The van der Waals surface area contributed by atoms with E-state index in [0.717, 1.165) is 22.3 Å². The Morgan fingerprint density at radius 3 is 2.50 bits per heavy atom. The Balaban J connectivity index is 1.92. The summed E-state index contributed by atoms with van der Waals surface area (Å²) in [5.74, 6) is 0.291. The molecule has 2 aromatic rings. The predicted molar refractivity (Wildman–Crippen MR) is 78.5 cm³/mol. The first-order valence-corrected chi connectivity index (χ1v) is 6.65. The number of phenols is 1. The van der Waals surface area contributed by atoms with Gasteiger partial charge < -0.3 is 15.5 Å². The van der Waals surface area contributed by atoms with Gasteiger partial charge >= 0.3 is 0 Å². The molecule has 1 aromatic heterocycles. The summed E-state index contributed by atoms with van der Waals surface area (Å²) in [6.07, 6.45) is 2.74. The fourth-order valence-corrected chi connectivity index (χ4v) is 2.05. The topological polar surface area (TPSA) is 65.4 Å². The Hall–Kier alpha value is -1.91. The Morgan fingerprint density at radius 2 is 1.80 bits per heavy atom. The van der Waals surface area contributed by atoms with Crippen molar-refractivity contribution in [2.45, 2.75) is 26.5 Å². The SMILES string of the molecule is Cc1cc(O)c(CNCC(O)c2ccncc2)cc1C. The second-order valence-corrected chi connectivity index (χ2v) is 4.99. The number of hydrogen-bond donors (Lipinski definition) is 3. The van der Waals surface area contributed by atoms with Crippen LogP contribution in [-0.2, 0) is 6.54 Å². The van der Waals surface area contributed by atoms with Crippen LogP contribution in [0.3, 0.4) is 0 Å². The lowest BCUT2D eigenvalue weighted by atomic mass is 10.0. The molecule has 20 heavy (non-hydrogen) atoms. The minimum absolute atomic E-state index is 0.291. The summed E-state index contributed by atoms with van der Waals surface area (Å²) >= 11 is 0. The van der Waals surface area contributed by atoms with Gasteiger partial charge in [-0.3, -0.25) is 4.98 Å². The van der Waals surface area contributed by atoms with Crippen LogP contribution in [0.5, 0.6) is 5.75 Å². The first kappa shape index (κ1) is 14.5. The van der Waals surface area contributed by atoms with Crippen LogP contribution in [0.25, 0.3) is 0 Å². The number of pyridine rings is 1. The lowest BCUT2D eigenvalue weighted by Crippen LogP contribution is -2.21. The van der Waals surface area contributed by atoms with E-state index in [1.807, 2.05) is 19.9 Å². The molecule has 3 N–H and O–H groups in total. The number of aromatic hydroxyl groups is 1. The third-order valence-electron chi connectivity index (χ3n) is 3.44. The van der Waals surface area contributed by atoms with Gasteiger partial charge in [0.15, 0.2) is 0 Å². The summed E-state index contributed by atoms with van der Waals surface area (Å²) in [4.78, 5) is 3.92. The molecule has 4 heteroatoms. The monoisotopic (exact) mass is 272 g/mol. The molecule has 0 saturated carbocycles. The van der Waals surface area contributed by atoms with Gasteiger partial charge in [-0.25, -0.2) is 0 Å². The zero-order chi connectivity index (χ0) is 14.5. The second-order valence-electron chi connectivity index (χ2n) is 4.99. The maximum atomic E-state index is 10.0. The van der Waals surface area contributed by atoms with E-state index in [1.165, 1.54) is 0 Å². The van der Waals surface area contributed by atoms with Crippen LogP contribution in [0, 0.1) is 13.8 Å². The molecule has 106 valence electrons. The molecule has 0 aliphatic rings. The van der Waals surface area contributed by atoms with Crippen LogP contribution in [0.1, 0.15) is 28.4 Å². The van der Waals surface area contributed by atoms with Crippen molar-refractivity contribution < 1.29 is 10.2 Å². The van der Waals surface area contributed by atoms with Gasteiger partial charge in [0.05, 0.1) is 6.10 Å². The van der Waals surface area contributed by atoms with Gasteiger partial charge in [-0.1, -0.05) is 6.07 Å². The van der Waals surface area contributed by atoms with Gasteiger partial charge in [0.2, 0.25) is 0 Å². The minimum atomic E-state index is -0.577. The summed E-state index contributed by atoms with van der Waals surface area (Å²) in [5, 5.41) is 23.1. The van der Waals surface area contributed by atoms with Crippen LogP contribution in [0.15, 0.2) is 36.7 Å². The summed E-state index contributed by atoms with van der Waals surface area (Å²) in [6.45, 7) is 4.94. The molecule has 4 nitrogen and oxygen atoms in total. The third-order valence-corrected chi connectivity index (χ3v) is 3.44. The van der Waals surface area contributed by atoms with Crippen molar-refractivity contribution >= 4 is 0 Å². The van der Waals surface area contributed by atoms with Crippen molar-refractivity contribution in [1.82, 2.24) is 10.3 Å². The predicted octanol–water partition coefficient (Wildman–Crippen LogP) is 2.23. The lowest BCUT2D eigenvalue weighted by Gasteiger charge is -2.13. The molecule has 0 aliphatic heterocycles. The van der Waals surface area contributed by atoms with E-state index in [9.17, 15) is 10.2 Å². The minimum Gasteiger partial charge on any atom is -0.508 e. The van der Waals surface area contributed by atoms with Crippen LogP contribution in [-0.4, -0.2) is 21.7 Å². The van der Waals surface area contributed by atoms with Crippen LogP contribution < -0.4 is 5.32 Å². The molecule has 1 atom stereocenters. The smallest absolute Gasteiger partial charge is 0.120 e. The Kier molecular flexibility index (Phi) is 4.71. The van der Waals surface area contributed by atoms with Crippen LogP contribution in [0.4, 0.5) is 0 Å². The molecule has 0 spiro atoms. The van der Waals surface area contributed by atoms with Crippen molar-refractivity contribution in [2.24, 2.45) is 0 Å². The molecule has 1 heterocycles. The van der Waals surface area contributed by atoms with Gasteiger partial charge in [-0.05, 0) is 48.7 Å². The largest absolute Gasteiger partial charge is 0.508 e. The van der Waals surface area contributed by atoms with Crippen molar-refractivity contribution in [2.75, 3.05) is 6.54 Å². The molecule has 2 rings (SSSR count). The van der Waals surface area contributed by atoms with Crippen molar-refractivity contribution in [1.29, 1.82) is 0 Å². The molecule has 0 bridgehead atoms. The van der Waals surface area contributed by atoms with Gasteiger partial charge in [-0.15, -0.1) is 0 Å². The molecular formula is C16H20N2O2. The fraction of sp³-hybridized carbons (Fsp3) is 0.312. The van der Waals surface area contributed by atoms with Gasteiger partial charge in [0.25, 0.3) is 0 Å². The third kappa shape index (κ3) is 3.56. The van der Waals surface area contributed by atoms with Crippen molar-refractivity contribution in [3.05, 3.63) is 58.9 Å². The number of hydrogen-bond acceptors (Lipinski definition) is 4. The maximum Gasteiger partial charge on any atom is 0.120 e. The highest BCUT2D eigenvalue weighted by Crippen LogP contribution is 2.21. The van der Waals surface area contributed by atoms with E-state index in [2.05, 4.69) is 10.3 Å². The Morgan fingerprint density at radius 1 is 1.15 bits per heavy atom. The Bertz CT molecular complexity index is 570. The van der Waals surface area contributed by atoms with E-state index < -0.39 is 6.10 Å². The highest BCUT2D eigenvalue weighted by atomic mass is 16.3. The number of nitrogens with zero attached hydrogens (tertiary/aromatic N) is 1. The molecule has 0 amide bonds. The molecule has 0 radical (unpaired) electrons. The first-order valence-electron chi connectivity index (χ1n) is 6.65. The van der Waals surface area contributed by atoms with Gasteiger partial charge in [-0.2, -0.15) is 0 Å². The number of rotatable bonds is 5. The highest BCUT2D eigenvalue weighted by Gasteiger charge is 2.08. The number of aryl methyl sites for hydroxylation is 2. The number of aliphatic hydroxyl groups excluding tert-OH is 1. The molecule has 1 aromatic carbocycles. The standard InChI is InChI=1S/C16H20N2O2/c1-11-7-14(15(19)8-12(11)2)9-18-10-16(20)13-3-5-17-6-4-13/h3-8,16,18-20H,9-10H2,1-2H3. The summed E-state index contributed by atoms with van der Waals surface area (Å²) in [5.41, 5.74) is 3.89. The van der Waals surface area contributed by atoms with Crippen molar-refractivity contribution in [3.63, 3.8) is 0 Å². The molecule has 1 unspecified atom stereocenters. The number of benzene rings is 1. The second kappa shape index (κ2) is 6.50. The normalized spacial score (nSPS) is 12.3. The quantitative estimate of drug-likeness (QED) is 0.781. The number of aliphatic hydroxyl groups is 1. The van der Waals surface area contributed by atoms with E-state index in [4.69, 9.17) is 0 Å².